The number of H-pyrrole nitrogens is 1. The molecule has 11 heteroatoms. The molecule has 1 aliphatic rings. The lowest BCUT2D eigenvalue weighted by Gasteiger charge is -2.42. The van der Waals surface area contributed by atoms with Crippen LogP contribution < -0.4 is 16.0 Å². The van der Waals surface area contributed by atoms with E-state index in [0.29, 0.717) is 27.0 Å². The summed E-state index contributed by atoms with van der Waals surface area (Å²) in [6.07, 6.45) is -3.52. The molecule has 0 aliphatic carbocycles. The lowest BCUT2D eigenvalue weighted by atomic mass is 9.79. The van der Waals surface area contributed by atoms with E-state index >= 15 is 8.78 Å². The molecular formula is C30H27ClF2N2O6. The molecule has 1 aliphatic heterocycles. The number of aromatic nitrogens is 2. The van der Waals surface area contributed by atoms with Crippen LogP contribution in [0, 0.1) is 0 Å². The Morgan fingerprint density at radius 2 is 1.51 bits per heavy atom. The van der Waals surface area contributed by atoms with E-state index in [1.54, 1.807) is 84.9 Å². The third-order valence-electron chi connectivity index (χ3n) is 7.25. The van der Waals surface area contributed by atoms with Crippen molar-refractivity contribution in [1.82, 2.24) is 9.55 Å². The summed E-state index contributed by atoms with van der Waals surface area (Å²) < 4.78 is 51.5. The molecule has 2 heterocycles. The Morgan fingerprint density at radius 3 is 2.00 bits per heavy atom. The number of rotatable bonds is 9. The first-order valence-corrected chi connectivity index (χ1v) is 13.2. The Hall–Kier alpha value is -3.83. The molecule has 214 valence electrons. The van der Waals surface area contributed by atoms with Crippen molar-refractivity contribution in [3.63, 3.8) is 0 Å². The minimum absolute atomic E-state index is 0.484. The molecule has 0 bridgehead atoms. The van der Waals surface area contributed by atoms with E-state index in [4.69, 9.17) is 25.8 Å². The van der Waals surface area contributed by atoms with Gasteiger partial charge in [0.2, 0.25) is 6.23 Å². The van der Waals surface area contributed by atoms with E-state index in [0.717, 1.165) is 12.3 Å². The van der Waals surface area contributed by atoms with Crippen LogP contribution in [-0.2, 0) is 15.1 Å². The van der Waals surface area contributed by atoms with Crippen LogP contribution in [0.1, 0.15) is 22.9 Å². The average Bonchev–Trinajstić information content (AvgIpc) is 3.22. The zero-order chi connectivity index (χ0) is 29.3. The van der Waals surface area contributed by atoms with E-state index in [1.165, 1.54) is 7.11 Å². The van der Waals surface area contributed by atoms with Gasteiger partial charge in [0, 0.05) is 12.3 Å². The molecule has 4 aromatic rings. The van der Waals surface area contributed by atoms with Crippen LogP contribution in [0.5, 0.6) is 5.75 Å². The fourth-order valence-electron chi connectivity index (χ4n) is 5.20. The van der Waals surface area contributed by atoms with Crippen LogP contribution >= 0.6 is 11.6 Å². The Balaban J connectivity index is 1.77. The van der Waals surface area contributed by atoms with Crippen molar-refractivity contribution in [1.29, 1.82) is 0 Å². The number of halogens is 3. The smallest absolute Gasteiger partial charge is 0.330 e. The van der Waals surface area contributed by atoms with Crippen LogP contribution in [-0.4, -0.2) is 51.9 Å². The summed E-state index contributed by atoms with van der Waals surface area (Å²) in [6, 6.07) is 25.3. The summed E-state index contributed by atoms with van der Waals surface area (Å²) in [5.74, 6) is -3.98. The number of hydrogen-bond donors (Lipinski definition) is 2. The van der Waals surface area contributed by atoms with Gasteiger partial charge in [-0.1, -0.05) is 72.8 Å². The molecular weight excluding hydrogens is 558 g/mol. The van der Waals surface area contributed by atoms with E-state index in [2.05, 4.69) is 0 Å². The number of aliphatic hydroxyl groups excluding tert-OH is 1. The Bertz CT molecular complexity index is 1550. The van der Waals surface area contributed by atoms with Crippen LogP contribution in [0.4, 0.5) is 8.78 Å². The molecule has 0 radical (unpaired) electrons. The maximum absolute atomic E-state index is 16.6. The molecule has 41 heavy (non-hydrogen) atoms. The van der Waals surface area contributed by atoms with Crippen LogP contribution in [0.2, 0.25) is 0 Å². The van der Waals surface area contributed by atoms with Gasteiger partial charge < -0.3 is 19.3 Å². The fraction of sp³-hybridized carbons (Fsp3) is 0.267. The average molecular weight is 585 g/mol. The predicted octanol–water partition coefficient (Wildman–Crippen LogP) is 4.06. The molecule has 0 amide bonds. The molecule has 1 fully saturated rings. The summed E-state index contributed by atoms with van der Waals surface area (Å²) in [7, 11) is 1.51. The number of aromatic amines is 1. The van der Waals surface area contributed by atoms with Crippen molar-refractivity contribution in [3.8, 4) is 5.75 Å². The van der Waals surface area contributed by atoms with Gasteiger partial charge in [-0.2, -0.15) is 8.78 Å². The second kappa shape index (κ2) is 11.2. The van der Waals surface area contributed by atoms with Crippen LogP contribution in [0.15, 0.2) is 107 Å². The van der Waals surface area contributed by atoms with E-state index in [9.17, 15) is 14.7 Å². The number of hydrogen-bond acceptors (Lipinski definition) is 6. The van der Waals surface area contributed by atoms with E-state index in [1.807, 2.05) is 4.98 Å². The van der Waals surface area contributed by atoms with E-state index < -0.39 is 53.2 Å². The Kier molecular flexibility index (Phi) is 7.85. The van der Waals surface area contributed by atoms with Gasteiger partial charge in [0.25, 0.3) is 5.56 Å². The minimum Gasteiger partial charge on any atom is -0.497 e. The first kappa shape index (κ1) is 28.7. The molecule has 8 nitrogen and oxygen atoms in total. The van der Waals surface area contributed by atoms with Crippen molar-refractivity contribution in [3.05, 3.63) is 135 Å². The molecule has 3 atom stereocenters. The summed E-state index contributed by atoms with van der Waals surface area (Å²) in [4.78, 5) is 26.2. The maximum Gasteiger partial charge on any atom is 0.330 e. The number of alkyl halides is 3. The third kappa shape index (κ3) is 4.87. The molecule has 1 aromatic heterocycles. The number of methoxy groups -OCH3 is 1. The second-order valence-corrected chi connectivity index (χ2v) is 9.93. The van der Waals surface area contributed by atoms with Crippen molar-refractivity contribution in [2.75, 3.05) is 19.6 Å². The second-order valence-electron chi connectivity index (χ2n) is 9.66. The predicted molar refractivity (Wildman–Crippen MR) is 148 cm³/mol. The lowest BCUT2D eigenvalue weighted by molar-refractivity contribution is -0.188. The Morgan fingerprint density at radius 1 is 0.951 bits per heavy atom. The van der Waals surface area contributed by atoms with Gasteiger partial charge in [0.1, 0.15) is 17.0 Å². The zero-order valence-corrected chi connectivity index (χ0v) is 22.6. The van der Waals surface area contributed by atoms with Crippen molar-refractivity contribution in [2.24, 2.45) is 0 Å². The monoisotopic (exact) mass is 584 g/mol. The normalized spacial score (nSPS) is 22.0. The highest BCUT2D eigenvalue weighted by molar-refractivity contribution is 6.18. The molecule has 0 unspecified atom stereocenters. The van der Waals surface area contributed by atoms with Gasteiger partial charge >= 0.3 is 11.6 Å². The first-order valence-electron chi connectivity index (χ1n) is 12.7. The molecule has 3 aromatic carbocycles. The first-order chi connectivity index (χ1) is 19.7. The SMILES string of the molecule is COc1ccc(C(O[C@H]2C(F)(F)[C@H](n3ccc(=O)[nH]c3=O)O[C@@]2(CO)CCl)(c2ccccc2)c2ccccc2)cc1. The van der Waals surface area contributed by atoms with Crippen LogP contribution in [0.25, 0.3) is 0 Å². The summed E-state index contributed by atoms with van der Waals surface area (Å²) in [5, 5.41) is 10.5. The fourth-order valence-corrected chi connectivity index (χ4v) is 5.49. The molecule has 1 saturated heterocycles. The molecule has 0 spiro atoms. The number of nitrogens with zero attached hydrogens (tertiary/aromatic N) is 1. The third-order valence-corrected chi connectivity index (χ3v) is 7.70. The summed E-state index contributed by atoms with van der Waals surface area (Å²) in [5.41, 5.74) is -4.18. The highest BCUT2D eigenvalue weighted by Gasteiger charge is 2.69. The van der Waals surface area contributed by atoms with Gasteiger partial charge in [0.05, 0.1) is 19.6 Å². The molecule has 0 saturated carbocycles. The zero-order valence-electron chi connectivity index (χ0n) is 21.9. The largest absolute Gasteiger partial charge is 0.497 e. The van der Waals surface area contributed by atoms with Gasteiger partial charge in [-0.15, -0.1) is 11.6 Å². The van der Waals surface area contributed by atoms with Crippen molar-refractivity contribution < 1.29 is 28.1 Å². The van der Waals surface area contributed by atoms with Crippen molar-refractivity contribution in [2.45, 2.75) is 29.5 Å². The lowest BCUT2D eigenvalue weighted by Crippen LogP contribution is -2.55. The molecule has 2 N–H and O–H groups in total. The van der Waals surface area contributed by atoms with Gasteiger partial charge in [-0.05, 0) is 28.8 Å². The van der Waals surface area contributed by atoms with Crippen molar-refractivity contribution >= 4 is 11.6 Å². The quantitative estimate of drug-likeness (QED) is 0.227. The highest BCUT2D eigenvalue weighted by atomic mass is 35.5. The minimum atomic E-state index is -3.93. The maximum atomic E-state index is 16.6. The molecule has 5 rings (SSSR count). The summed E-state index contributed by atoms with van der Waals surface area (Å²) >= 11 is 6.25. The summed E-state index contributed by atoms with van der Waals surface area (Å²) in [6.45, 7) is -0.951. The van der Waals surface area contributed by atoms with Gasteiger partial charge in [-0.3, -0.25) is 14.3 Å². The van der Waals surface area contributed by atoms with E-state index in [-0.39, 0.29) is 0 Å². The number of ether oxygens (including phenoxy) is 3. The highest BCUT2D eigenvalue weighted by Crippen LogP contribution is 2.54. The van der Waals surface area contributed by atoms with Gasteiger partial charge in [0.15, 0.2) is 6.10 Å². The number of aliphatic hydroxyl groups is 1. The number of benzene rings is 3. The standard InChI is InChI=1S/C30H27ClF2N2O6/c1-39-23-14-12-22(13-15-23)29(20-8-4-2-5-9-20,21-10-6-3-7-11-21)40-25-28(18-31,19-36)41-26(30(25,32)33)35-17-16-24(37)34-27(35)38/h2-17,25-26,36H,18-19H2,1H3,(H,34,37,38)/t25-,26-,28-/m1/s1. The van der Waals surface area contributed by atoms with Crippen LogP contribution in [0.3, 0.4) is 0 Å². The topological polar surface area (TPSA) is 103 Å². The Labute approximate surface area is 238 Å². The van der Waals surface area contributed by atoms with Gasteiger partial charge in [-0.25, -0.2) is 4.79 Å². The number of nitrogens with one attached hydrogen (secondary N) is 1.